The molecule has 2 N–H and O–H groups in total. The Balaban J connectivity index is 2.96. The van der Waals surface area contributed by atoms with Crippen LogP contribution in [0.2, 0.25) is 0 Å². The zero-order valence-electron chi connectivity index (χ0n) is 12.4. The van der Waals surface area contributed by atoms with Gasteiger partial charge in [0.2, 0.25) is 0 Å². The highest BCUT2D eigenvalue weighted by atomic mass is 19.4. The van der Waals surface area contributed by atoms with Gasteiger partial charge in [0, 0.05) is 18.7 Å². The number of halogens is 3. The minimum absolute atomic E-state index is 0.0809. The van der Waals surface area contributed by atoms with Crippen molar-refractivity contribution in [2.75, 3.05) is 20.2 Å². The summed E-state index contributed by atoms with van der Waals surface area (Å²) in [5.74, 6) is -1.05. The van der Waals surface area contributed by atoms with Crippen LogP contribution in [0.25, 0.3) is 0 Å². The van der Waals surface area contributed by atoms with Crippen LogP contribution < -0.4 is 15.4 Å². The molecule has 1 aromatic rings. The Morgan fingerprint density at radius 1 is 1.43 bits per heavy atom. The molecule has 0 spiro atoms. The lowest BCUT2D eigenvalue weighted by Gasteiger charge is -2.13. The summed E-state index contributed by atoms with van der Waals surface area (Å²) in [7, 11) is 1.67. The Morgan fingerprint density at radius 2 is 2.09 bits per heavy atom. The summed E-state index contributed by atoms with van der Waals surface area (Å²) in [5.41, 5.74) is -0.878. The molecule has 0 aliphatic carbocycles. The number of alkyl halides is 3. The number of rotatable bonds is 7. The molecule has 0 fully saturated rings. The lowest BCUT2D eigenvalue weighted by atomic mass is 10.1. The maximum Gasteiger partial charge on any atom is 0.422 e. The number of nitrogens with zero attached hydrogens (tertiary/aromatic N) is 1. The lowest BCUT2D eigenvalue weighted by molar-refractivity contribution is -0.385. The van der Waals surface area contributed by atoms with Crippen LogP contribution in [0.3, 0.4) is 0 Å². The molecule has 10 heteroatoms. The SMILES string of the molecule is CNC(C)CNC(=O)c1cc(OCC(F)(F)F)ccc1[N+](=O)[O-]. The third kappa shape index (κ3) is 6.10. The van der Waals surface area contributed by atoms with E-state index in [1.54, 1.807) is 14.0 Å². The van der Waals surface area contributed by atoms with E-state index in [9.17, 15) is 28.1 Å². The number of hydrogen-bond acceptors (Lipinski definition) is 5. The van der Waals surface area contributed by atoms with Crippen molar-refractivity contribution >= 4 is 11.6 Å². The van der Waals surface area contributed by atoms with Gasteiger partial charge in [0.25, 0.3) is 11.6 Å². The van der Waals surface area contributed by atoms with E-state index in [1.807, 2.05) is 0 Å². The Labute approximate surface area is 130 Å². The van der Waals surface area contributed by atoms with E-state index in [4.69, 9.17) is 0 Å². The Hall–Kier alpha value is -2.36. The van der Waals surface area contributed by atoms with Crippen molar-refractivity contribution in [3.05, 3.63) is 33.9 Å². The predicted molar refractivity (Wildman–Crippen MR) is 75.5 cm³/mol. The number of ether oxygens (including phenoxy) is 1. The van der Waals surface area contributed by atoms with E-state index >= 15 is 0 Å². The van der Waals surface area contributed by atoms with Gasteiger partial charge < -0.3 is 15.4 Å². The van der Waals surface area contributed by atoms with Crippen LogP contribution in [0, 0.1) is 10.1 Å². The van der Waals surface area contributed by atoms with Crippen molar-refractivity contribution in [3.8, 4) is 5.75 Å². The van der Waals surface area contributed by atoms with Crippen molar-refractivity contribution in [1.29, 1.82) is 0 Å². The highest BCUT2D eigenvalue weighted by Crippen LogP contribution is 2.25. The van der Waals surface area contributed by atoms with Crippen LogP contribution in [0.5, 0.6) is 5.75 Å². The van der Waals surface area contributed by atoms with E-state index < -0.39 is 29.3 Å². The molecule has 1 unspecified atom stereocenters. The highest BCUT2D eigenvalue weighted by molar-refractivity contribution is 5.98. The number of amides is 1. The molecule has 0 aliphatic heterocycles. The van der Waals surface area contributed by atoms with Gasteiger partial charge in [-0.2, -0.15) is 13.2 Å². The number of nitro benzene ring substituents is 1. The fourth-order valence-corrected chi connectivity index (χ4v) is 1.55. The van der Waals surface area contributed by atoms with Gasteiger partial charge in [-0.15, -0.1) is 0 Å². The van der Waals surface area contributed by atoms with Crippen molar-refractivity contribution in [2.24, 2.45) is 0 Å². The Kier molecular flexibility index (Phi) is 6.31. The first-order valence-corrected chi connectivity index (χ1v) is 6.57. The van der Waals surface area contributed by atoms with E-state index in [2.05, 4.69) is 15.4 Å². The highest BCUT2D eigenvalue weighted by Gasteiger charge is 2.29. The molecular weight excluding hydrogens is 319 g/mol. The Bertz CT molecular complexity index is 578. The number of carbonyl (C=O) groups excluding carboxylic acids is 1. The monoisotopic (exact) mass is 335 g/mol. The van der Waals surface area contributed by atoms with Gasteiger partial charge in [-0.05, 0) is 26.1 Å². The van der Waals surface area contributed by atoms with E-state index in [-0.39, 0.29) is 23.9 Å². The molecule has 0 bridgehead atoms. The number of benzene rings is 1. The van der Waals surface area contributed by atoms with Crippen molar-refractivity contribution in [3.63, 3.8) is 0 Å². The fourth-order valence-electron chi connectivity index (χ4n) is 1.55. The van der Waals surface area contributed by atoms with Crippen LogP contribution in [-0.4, -0.2) is 43.2 Å². The first-order chi connectivity index (χ1) is 10.6. The Morgan fingerprint density at radius 3 is 2.61 bits per heavy atom. The molecule has 128 valence electrons. The summed E-state index contributed by atoms with van der Waals surface area (Å²) in [6.07, 6.45) is -4.55. The summed E-state index contributed by atoms with van der Waals surface area (Å²) in [6, 6.07) is 2.78. The zero-order chi connectivity index (χ0) is 17.6. The number of nitrogens with one attached hydrogen (secondary N) is 2. The molecule has 1 rings (SSSR count). The van der Waals surface area contributed by atoms with E-state index in [1.165, 1.54) is 0 Å². The summed E-state index contributed by atoms with van der Waals surface area (Å²) >= 11 is 0. The average molecular weight is 335 g/mol. The van der Waals surface area contributed by atoms with Gasteiger partial charge in [0.1, 0.15) is 11.3 Å². The second-order valence-electron chi connectivity index (χ2n) is 4.74. The molecule has 0 aliphatic rings. The van der Waals surface area contributed by atoms with Crippen LogP contribution in [0.15, 0.2) is 18.2 Å². The quantitative estimate of drug-likeness (QED) is 0.586. The minimum atomic E-state index is -4.55. The second kappa shape index (κ2) is 7.77. The molecule has 0 aromatic heterocycles. The summed E-state index contributed by atoms with van der Waals surface area (Å²) in [4.78, 5) is 22.2. The summed E-state index contributed by atoms with van der Waals surface area (Å²) in [6.45, 7) is 0.417. The average Bonchev–Trinajstić information content (AvgIpc) is 2.49. The van der Waals surface area contributed by atoms with Crippen LogP contribution >= 0.6 is 0 Å². The molecular formula is C13H16F3N3O4. The maximum atomic E-state index is 12.1. The largest absolute Gasteiger partial charge is 0.484 e. The number of likely N-dealkylation sites (N-methyl/N-ethyl adjacent to an activating group) is 1. The van der Waals surface area contributed by atoms with Gasteiger partial charge in [-0.3, -0.25) is 14.9 Å². The van der Waals surface area contributed by atoms with Crippen LogP contribution in [0.1, 0.15) is 17.3 Å². The van der Waals surface area contributed by atoms with Gasteiger partial charge in [0.05, 0.1) is 4.92 Å². The lowest BCUT2D eigenvalue weighted by Crippen LogP contribution is -2.37. The van der Waals surface area contributed by atoms with Gasteiger partial charge in [-0.25, -0.2) is 0 Å². The van der Waals surface area contributed by atoms with Crippen LogP contribution in [0.4, 0.5) is 18.9 Å². The number of carbonyl (C=O) groups is 1. The maximum absolute atomic E-state index is 12.1. The van der Waals surface area contributed by atoms with Gasteiger partial charge in [-0.1, -0.05) is 0 Å². The molecule has 23 heavy (non-hydrogen) atoms. The topological polar surface area (TPSA) is 93.5 Å². The molecule has 1 aromatic carbocycles. The first-order valence-electron chi connectivity index (χ1n) is 6.57. The standard InChI is InChI=1S/C13H16F3N3O4/c1-8(17-2)6-18-12(20)10-5-9(23-7-13(14,15)16)3-4-11(10)19(21)22/h3-5,8,17H,6-7H2,1-2H3,(H,18,20). The van der Waals surface area contributed by atoms with Gasteiger partial charge in [0.15, 0.2) is 6.61 Å². The first kappa shape index (κ1) is 18.7. The molecule has 1 amide bonds. The van der Waals surface area contributed by atoms with Crippen LogP contribution in [-0.2, 0) is 0 Å². The molecule has 1 atom stereocenters. The van der Waals surface area contributed by atoms with Crippen molar-refractivity contribution in [2.45, 2.75) is 19.1 Å². The summed E-state index contributed by atoms with van der Waals surface area (Å²) in [5, 5.41) is 16.3. The molecule has 0 saturated heterocycles. The second-order valence-corrected chi connectivity index (χ2v) is 4.74. The van der Waals surface area contributed by atoms with Crippen molar-refractivity contribution in [1.82, 2.24) is 10.6 Å². The smallest absolute Gasteiger partial charge is 0.422 e. The predicted octanol–water partition coefficient (Wildman–Crippen LogP) is 1.87. The van der Waals surface area contributed by atoms with Gasteiger partial charge >= 0.3 is 6.18 Å². The number of hydrogen-bond donors (Lipinski definition) is 2. The van der Waals surface area contributed by atoms with E-state index in [0.717, 1.165) is 18.2 Å². The normalized spacial score (nSPS) is 12.6. The molecule has 0 saturated carbocycles. The molecule has 7 nitrogen and oxygen atoms in total. The third-order valence-corrected chi connectivity index (χ3v) is 2.87. The zero-order valence-corrected chi connectivity index (χ0v) is 12.4. The fraction of sp³-hybridized carbons (Fsp3) is 0.462. The number of nitro groups is 1. The summed E-state index contributed by atoms with van der Waals surface area (Å²) < 4.78 is 40.9. The minimum Gasteiger partial charge on any atom is -0.484 e. The van der Waals surface area contributed by atoms with E-state index in [0.29, 0.717) is 0 Å². The van der Waals surface area contributed by atoms with Crippen molar-refractivity contribution < 1.29 is 27.6 Å². The molecule has 0 heterocycles. The third-order valence-electron chi connectivity index (χ3n) is 2.87. The molecule has 0 radical (unpaired) electrons.